The second kappa shape index (κ2) is 10.4. The summed E-state index contributed by atoms with van der Waals surface area (Å²) in [4.78, 5) is 21.6. The van der Waals surface area contributed by atoms with Crippen LogP contribution in [0, 0.1) is 0 Å². The van der Waals surface area contributed by atoms with E-state index in [4.69, 9.17) is 10.8 Å². The molecule has 0 atom stereocenters. The molecule has 0 aliphatic heterocycles. The average molecular weight is 230 g/mol. The molecule has 0 bridgehead atoms. The molecule has 0 aromatic rings. The number of nitrogens with one attached hydrogen (secondary N) is 1. The molecule has 0 radical (unpaired) electrons. The topological polar surface area (TPSA) is 92.4 Å². The van der Waals surface area contributed by atoms with E-state index in [1.165, 1.54) is 0 Å². The van der Waals surface area contributed by atoms with E-state index in [0.717, 1.165) is 25.7 Å². The number of carbonyl (C=O) groups excluding carboxylic acids is 2. The molecule has 0 aromatic carbocycles. The van der Waals surface area contributed by atoms with Gasteiger partial charge in [0.1, 0.15) is 0 Å². The van der Waals surface area contributed by atoms with Crippen LogP contribution in [0.4, 0.5) is 0 Å². The first-order chi connectivity index (χ1) is 7.66. The summed E-state index contributed by atoms with van der Waals surface area (Å²) < 4.78 is 0. The Labute approximate surface area is 96.4 Å². The number of unbranched alkanes of at least 4 members (excludes halogenated alkanes) is 3. The maximum atomic E-state index is 11.2. The number of aliphatic hydroxyl groups excluding tert-OH is 1. The lowest BCUT2D eigenvalue weighted by atomic mass is 10.2. The van der Waals surface area contributed by atoms with E-state index in [9.17, 15) is 9.59 Å². The van der Waals surface area contributed by atoms with Crippen LogP contribution in [0.2, 0.25) is 0 Å². The molecular formula is C11H22N2O3. The Hall–Kier alpha value is -1.10. The van der Waals surface area contributed by atoms with E-state index in [1.807, 2.05) is 0 Å². The highest BCUT2D eigenvalue weighted by Gasteiger charge is 2.01. The van der Waals surface area contributed by atoms with Crippen molar-refractivity contribution in [1.29, 1.82) is 0 Å². The highest BCUT2D eigenvalue weighted by atomic mass is 16.2. The van der Waals surface area contributed by atoms with Crippen LogP contribution in [-0.4, -0.2) is 30.1 Å². The molecule has 0 aliphatic carbocycles. The number of carbonyl (C=O) groups is 2. The molecule has 0 aromatic heterocycles. The van der Waals surface area contributed by atoms with Crippen LogP contribution in [-0.2, 0) is 9.59 Å². The third-order valence-corrected chi connectivity index (χ3v) is 2.23. The zero-order chi connectivity index (χ0) is 12.2. The molecule has 16 heavy (non-hydrogen) atoms. The van der Waals surface area contributed by atoms with E-state index in [0.29, 0.717) is 19.4 Å². The molecule has 5 heteroatoms. The van der Waals surface area contributed by atoms with Crippen molar-refractivity contribution in [3.05, 3.63) is 0 Å². The number of hydrogen-bond donors (Lipinski definition) is 3. The van der Waals surface area contributed by atoms with Crippen LogP contribution in [0.1, 0.15) is 44.9 Å². The van der Waals surface area contributed by atoms with Gasteiger partial charge in [0, 0.05) is 26.0 Å². The molecule has 0 spiro atoms. The van der Waals surface area contributed by atoms with Crippen molar-refractivity contribution in [2.75, 3.05) is 13.2 Å². The van der Waals surface area contributed by atoms with Crippen LogP contribution >= 0.6 is 0 Å². The van der Waals surface area contributed by atoms with E-state index in [2.05, 4.69) is 5.32 Å². The first kappa shape index (κ1) is 14.9. The van der Waals surface area contributed by atoms with Gasteiger partial charge in [-0.2, -0.15) is 0 Å². The molecule has 0 unspecified atom stereocenters. The summed E-state index contributed by atoms with van der Waals surface area (Å²) in [7, 11) is 0. The smallest absolute Gasteiger partial charge is 0.220 e. The minimum absolute atomic E-state index is 0.0246. The second-order valence-corrected chi connectivity index (χ2v) is 3.81. The fourth-order valence-corrected chi connectivity index (χ4v) is 1.33. The van der Waals surface area contributed by atoms with Crippen molar-refractivity contribution in [3.8, 4) is 0 Å². The summed E-state index contributed by atoms with van der Waals surface area (Å²) in [6.45, 7) is 0.903. The number of amides is 2. The van der Waals surface area contributed by atoms with Crippen LogP contribution in [0.25, 0.3) is 0 Å². The van der Waals surface area contributed by atoms with Gasteiger partial charge in [-0.3, -0.25) is 9.59 Å². The third-order valence-electron chi connectivity index (χ3n) is 2.23. The summed E-state index contributed by atoms with van der Waals surface area (Å²) in [5, 5.41) is 11.3. The molecule has 5 nitrogen and oxygen atoms in total. The Morgan fingerprint density at radius 3 is 2.31 bits per heavy atom. The predicted molar refractivity (Wildman–Crippen MR) is 61.6 cm³/mol. The maximum Gasteiger partial charge on any atom is 0.220 e. The molecular weight excluding hydrogens is 208 g/mol. The van der Waals surface area contributed by atoms with Crippen molar-refractivity contribution < 1.29 is 14.7 Å². The highest BCUT2D eigenvalue weighted by molar-refractivity contribution is 5.77. The van der Waals surface area contributed by atoms with Crippen molar-refractivity contribution in [1.82, 2.24) is 5.32 Å². The predicted octanol–water partition coefficient (Wildman–Crippen LogP) is 0.311. The zero-order valence-electron chi connectivity index (χ0n) is 9.71. The third kappa shape index (κ3) is 11.0. The summed E-state index contributed by atoms with van der Waals surface area (Å²) in [5.74, 6) is -0.389. The van der Waals surface area contributed by atoms with E-state index < -0.39 is 0 Å². The van der Waals surface area contributed by atoms with Crippen LogP contribution in [0.3, 0.4) is 0 Å². The maximum absolute atomic E-state index is 11.2. The van der Waals surface area contributed by atoms with Gasteiger partial charge in [-0.1, -0.05) is 12.8 Å². The lowest BCUT2D eigenvalue weighted by molar-refractivity contribution is -0.121. The molecule has 0 heterocycles. The number of nitrogens with two attached hydrogens (primary N) is 1. The number of aliphatic hydroxyl groups is 1. The molecule has 0 fully saturated rings. The number of hydrogen-bond acceptors (Lipinski definition) is 3. The van der Waals surface area contributed by atoms with Crippen molar-refractivity contribution >= 4 is 11.8 Å². The van der Waals surface area contributed by atoms with Crippen LogP contribution < -0.4 is 11.1 Å². The van der Waals surface area contributed by atoms with E-state index in [1.54, 1.807) is 0 Å². The van der Waals surface area contributed by atoms with Gasteiger partial charge < -0.3 is 16.2 Å². The molecule has 0 rings (SSSR count). The van der Waals surface area contributed by atoms with Crippen LogP contribution in [0.15, 0.2) is 0 Å². The summed E-state index contributed by atoms with van der Waals surface area (Å²) in [6.07, 6.45) is 4.92. The van der Waals surface area contributed by atoms with Crippen molar-refractivity contribution in [2.24, 2.45) is 5.73 Å². The summed E-state index contributed by atoms with van der Waals surface area (Å²) in [5.41, 5.74) is 4.96. The fraction of sp³-hybridized carbons (Fsp3) is 0.818. The summed E-state index contributed by atoms with van der Waals surface area (Å²) >= 11 is 0. The molecule has 0 saturated heterocycles. The Bertz CT molecular complexity index is 207. The van der Waals surface area contributed by atoms with Crippen molar-refractivity contribution in [3.63, 3.8) is 0 Å². The van der Waals surface area contributed by atoms with E-state index in [-0.39, 0.29) is 24.8 Å². The quantitative estimate of drug-likeness (QED) is 0.472. The Morgan fingerprint density at radius 2 is 1.69 bits per heavy atom. The first-order valence-corrected chi connectivity index (χ1v) is 5.82. The lowest BCUT2D eigenvalue weighted by Crippen LogP contribution is -2.24. The van der Waals surface area contributed by atoms with Crippen molar-refractivity contribution in [2.45, 2.75) is 44.9 Å². The van der Waals surface area contributed by atoms with Gasteiger partial charge in [-0.25, -0.2) is 0 Å². The average Bonchev–Trinajstić information content (AvgIpc) is 2.22. The Kier molecular flexibility index (Phi) is 9.70. The standard InChI is InChI=1S/C11H22N2O3/c12-10(15)6-5-7-11(16)13-8-3-1-2-4-9-14/h14H,1-9H2,(H2,12,15)(H,13,16). The van der Waals surface area contributed by atoms with Gasteiger partial charge in [0.25, 0.3) is 0 Å². The molecule has 94 valence electrons. The van der Waals surface area contributed by atoms with Gasteiger partial charge in [0.05, 0.1) is 0 Å². The fourth-order valence-electron chi connectivity index (χ4n) is 1.33. The Balaban J connectivity index is 3.20. The normalized spacial score (nSPS) is 10.1. The highest BCUT2D eigenvalue weighted by Crippen LogP contribution is 1.98. The monoisotopic (exact) mass is 230 g/mol. The second-order valence-electron chi connectivity index (χ2n) is 3.81. The van der Waals surface area contributed by atoms with Gasteiger partial charge in [-0.15, -0.1) is 0 Å². The first-order valence-electron chi connectivity index (χ1n) is 5.82. The number of rotatable bonds is 10. The molecule has 4 N–H and O–H groups in total. The van der Waals surface area contributed by atoms with Gasteiger partial charge in [0.15, 0.2) is 0 Å². The van der Waals surface area contributed by atoms with Gasteiger partial charge in [0.2, 0.25) is 11.8 Å². The zero-order valence-corrected chi connectivity index (χ0v) is 9.71. The molecule has 2 amide bonds. The van der Waals surface area contributed by atoms with E-state index >= 15 is 0 Å². The number of primary amides is 1. The minimum atomic E-state index is -0.364. The Morgan fingerprint density at radius 1 is 1.00 bits per heavy atom. The molecule has 0 saturated carbocycles. The van der Waals surface area contributed by atoms with Crippen LogP contribution in [0.5, 0.6) is 0 Å². The molecule has 0 aliphatic rings. The largest absolute Gasteiger partial charge is 0.396 e. The SMILES string of the molecule is NC(=O)CCCC(=O)NCCCCCCO. The summed E-state index contributed by atoms with van der Waals surface area (Å²) in [6, 6.07) is 0. The lowest BCUT2D eigenvalue weighted by Gasteiger charge is -2.04. The minimum Gasteiger partial charge on any atom is -0.396 e. The van der Waals surface area contributed by atoms with Gasteiger partial charge >= 0.3 is 0 Å². The van der Waals surface area contributed by atoms with Gasteiger partial charge in [-0.05, 0) is 19.3 Å².